The Kier molecular flexibility index (Phi) is 8.97. The van der Waals surface area contributed by atoms with Crippen molar-refractivity contribution in [3.63, 3.8) is 0 Å². The second kappa shape index (κ2) is 11.2. The van der Waals surface area contributed by atoms with Crippen LogP contribution in [0, 0.1) is 5.92 Å². The number of amides is 1. The van der Waals surface area contributed by atoms with Crippen LogP contribution in [0.1, 0.15) is 49.5 Å². The Bertz CT molecular complexity index is 580. The molecule has 0 bridgehead atoms. The minimum Gasteiger partial charge on any atom is -0.447 e. The summed E-state index contributed by atoms with van der Waals surface area (Å²) in [7, 11) is 0. The lowest BCUT2D eigenvalue weighted by atomic mass is 10.1. The Labute approximate surface area is 162 Å². The average Bonchev–Trinajstić information content (AvgIpc) is 3.10. The average molecular weight is 379 g/mol. The van der Waals surface area contributed by atoms with E-state index >= 15 is 0 Å². The van der Waals surface area contributed by atoms with Crippen molar-refractivity contribution in [1.82, 2.24) is 20.1 Å². The second-order valence-corrected chi connectivity index (χ2v) is 7.66. The summed E-state index contributed by atoms with van der Waals surface area (Å²) in [6.45, 7) is 13.5. The van der Waals surface area contributed by atoms with Gasteiger partial charge < -0.3 is 14.8 Å². The van der Waals surface area contributed by atoms with Crippen LogP contribution in [0.3, 0.4) is 0 Å². The molecule has 0 unspecified atom stereocenters. The standard InChI is InChI=1S/C20H34N4O3/c1-4-5-6-17(25)13-23-9-11-24(12-10-23)14-19-22-18(15-27-19)20(26)21-8-7-16(2)3/h4,15-17,25H,1,5-14H2,2-3H3,(H,21,26)/t17-/m1/s1. The molecule has 0 aliphatic carbocycles. The maximum atomic E-state index is 12.1. The predicted molar refractivity (Wildman–Crippen MR) is 105 cm³/mol. The number of nitrogens with one attached hydrogen (secondary N) is 1. The van der Waals surface area contributed by atoms with Gasteiger partial charge in [0.2, 0.25) is 5.89 Å². The Hall–Kier alpha value is -1.70. The highest BCUT2D eigenvalue weighted by molar-refractivity contribution is 5.91. The quantitative estimate of drug-likeness (QED) is 0.573. The molecular weight excluding hydrogens is 344 g/mol. The van der Waals surface area contributed by atoms with Crippen molar-refractivity contribution >= 4 is 5.91 Å². The summed E-state index contributed by atoms with van der Waals surface area (Å²) in [6, 6.07) is 0. The summed E-state index contributed by atoms with van der Waals surface area (Å²) >= 11 is 0. The first-order valence-electron chi connectivity index (χ1n) is 9.94. The van der Waals surface area contributed by atoms with Gasteiger partial charge in [-0.3, -0.25) is 14.6 Å². The van der Waals surface area contributed by atoms with Gasteiger partial charge in [0.25, 0.3) is 5.91 Å². The van der Waals surface area contributed by atoms with Crippen LogP contribution in [-0.2, 0) is 6.54 Å². The highest BCUT2D eigenvalue weighted by Crippen LogP contribution is 2.10. The fourth-order valence-electron chi connectivity index (χ4n) is 3.07. The van der Waals surface area contributed by atoms with E-state index in [4.69, 9.17) is 4.42 Å². The number of carbonyl (C=O) groups is 1. The van der Waals surface area contributed by atoms with E-state index in [1.807, 2.05) is 6.08 Å². The van der Waals surface area contributed by atoms with E-state index in [0.717, 1.165) is 45.4 Å². The van der Waals surface area contributed by atoms with Gasteiger partial charge in [0.1, 0.15) is 6.26 Å². The number of allylic oxidation sites excluding steroid dienone is 1. The fraction of sp³-hybridized carbons (Fsp3) is 0.700. The molecule has 0 spiro atoms. The molecule has 1 aromatic rings. The summed E-state index contributed by atoms with van der Waals surface area (Å²) in [4.78, 5) is 20.9. The number of oxazole rings is 1. The van der Waals surface area contributed by atoms with Gasteiger partial charge in [0.15, 0.2) is 5.69 Å². The molecule has 1 saturated heterocycles. The van der Waals surface area contributed by atoms with Crippen molar-refractivity contribution in [2.75, 3.05) is 39.3 Å². The van der Waals surface area contributed by atoms with Crippen LogP contribution in [0.5, 0.6) is 0 Å². The first-order valence-corrected chi connectivity index (χ1v) is 9.94. The molecule has 1 atom stereocenters. The molecule has 0 saturated carbocycles. The van der Waals surface area contributed by atoms with Crippen LogP contribution in [0.4, 0.5) is 0 Å². The van der Waals surface area contributed by atoms with E-state index in [1.165, 1.54) is 6.26 Å². The summed E-state index contributed by atoms with van der Waals surface area (Å²) in [5, 5.41) is 12.9. The SMILES string of the molecule is C=CCC[C@@H](O)CN1CCN(Cc2nc(C(=O)NCCC(C)C)co2)CC1. The topological polar surface area (TPSA) is 81.8 Å². The minimum atomic E-state index is -0.293. The summed E-state index contributed by atoms with van der Waals surface area (Å²) in [5.41, 5.74) is 0.345. The molecule has 7 nitrogen and oxygen atoms in total. The molecule has 2 N–H and O–H groups in total. The van der Waals surface area contributed by atoms with Crippen LogP contribution >= 0.6 is 0 Å². The van der Waals surface area contributed by atoms with E-state index in [-0.39, 0.29) is 12.0 Å². The van der Waals surface area contributed by atoms with Crippen molar-refractivity contribution in [1.29, 1.82) is 0 Å². The zero-order valence-electron chi connectivity index (χ0n) is 16.7. The monoisotopic (exact) mass is 378 g/mol. The lowest BCUT2D eigenvalue weighted by Crippen LogP contribution is -2.48. The van der Waals surface area contributed by atoms with Gasteiger partial charge in [0.05, 0.1) is 12.6 Å². The van der Waals surface area contributed by atoms with Gasteiger partial charge in [-0.25, -0.2) is 4.98 Å². The Morgan fingerprint density at radius 2 is 2.04 bits per heavy atom. The first kappa shape index (κ1) is 21.6. The van der Waals surface area contributed by atoms with Crippen LogP contribution in [0.25, 0.3) is 0 Å². The third-order valence-corrected chi connectivity index (χ3v) is 4.79. The molecule has 1 fully saturated rings. The third-order valence-electron chi connectivity index (χ3n) is 4.79. The van der Waals surface area contributed by atoms with E-state index in [9.17, 15) is 9.90 Å². The van der Waals surface area contributed by atoms with Crippen molar-refractivity contribution in [3.05, 3.63) is 30.5 Å². The van der Waals surface area contributed by atoms with Crippen molar-refractivity contribution in [2.45, 2.75) is 45.8 Å². The minimum absolute atomic E-state index is 0.177. The van der Waals surface area contributed by atoms with E-state index < -0.39 is 0 Å². The van der Waals surface area contributed by atoms with Crippen LogP contribution < -0.4 is 5.32 Å². The number of aliphatic hydroxyl groups is 1. The first-order chi connectivity index (χ1) is 13.0. The third kappa shape index (κ3) is 7.82. The maximum Gasteiger partial charge on any atom is 0.273 e. The molecule has 1 aromatic heterocycles. The predicted octanol–water partition coefficient (Wildman–Crippen LogP) is 1.90. The zero-order valence-corrected chi connectivity index (χ0v) is 16.7. The van der Waals surface area contributed by atoms with E-state index in [2.05, 4.69) is 40.5 Å². The molecule has 0 radical (unpaired) electrons. The van der Waals surface area contributed by atoms with Crippen LogP contribution in [-0.4, -0.2) is 71.2 Å². The largest absolute Gasteiger partial charge is 0.447 e. The van der Waals surface area contributed by atoms with Gasteiger partial charge in [-0.1, -0.05) is 19.9 Å². The normalized spacial score (nSPS) is 17.2. The second-order valence-electron chi connectivity index (χ2n) is 7.66. The molecule has 0 aromatic carbocycles. The highest BCUT2D eigenvalue weighted by atomic mass is 16.3. The van der Waals surface area contributed by atoms with Gasteiger partial charge >= 0.3 is 0 Å². The Morgan fingerprint density at radius 3 is 2.70 bits per heavy atom. The van der Waals surface area contributed by atoms with Gasteiger partial charge in [-0.05, 0) is 25.2 Å². The van der Waals surface area contributed by atoms with Gasteiger partial charge in [0, 0.05) is 39.3 Å². The molecule has 7 heteroatoms. The highest BCUT2D eigenvalue weighted by Gasteiger charge is 2.21. The van der Waals surface area contributed by atoms with Gasteiger partial charge in [-0.2, -0.15) is 0 Å². The Balaban J connectivity index is 1.70. The zero-order chi connectivity index (χ0) is 19.6. The number of nitrogens with zero attached hydrogens (tertiary/aromatic N) is 3. The number of aromatic nitrogens is 1. The fourth-order valence-corrected chi connectivity index (χ4v) is 3.07. The smallest absolute Gasteiger partial charge is 0.273 e. The molecular formula is C20H34N4O3. The molecule has 27 heavy (non-hydrogen) atoms. The molecule has 1 aliphatic rings. The maximum absolute atomic E-state index is 12.1. The summed E-state index contributed by atoms with van der Waals surface area (Å²) in [5.74, 6) is 0.951. The van der Waals surface area contributed by atoms with Crippen LogP contribution in [0.15, 0.2) is 23.3 Å². The van der Waals surface area contributed by atoms with Crippen molar-refractivity contribution in [3.8, 4) is 0 Å². The summed E-state index contributed by atoms with van der Waals surface area (Å²) in [6.07, 6.45) is 5.55. The number of β-amino-alcohol motifs (C(OH)–C–C–N with tert-alkyl or cyclic N) is 1. The van der Waals surface area contributed by atoms with Gasteiger partial charge in [-0.15, -0.1) is 6.58 Å². The molecule has 1 aliphatic heterocycles. The number of hydrogen-bond donors (Lipinski definition) is 2. The number of hydrogen-bond acceptors (Lipinski definition) is 6. The lowest BCUT2D eigenvalue weighted by molar-refractivity contribution is 0.0642. The molecule has 1 amide bonds. The number of aliphatic hydroxyl groups excluding tert-OH is 1. The molecule has 152 valence electrons. The van der Waals surface area contributed by atoms with Crippen molar-refractivity contribution < 1.29 is 14.3 Å². The number of piperazine rings is 1. The lowest BCUT2D eigenvalue weighted by Gasteiger charge is -2.34. The van der Waals surface area contributed by atoms with Crippen LogP contribution in [0.2, 0.25) is 0 Å². The van der Waals surface area contributed by atoms with Crippen molar-refractivity contribution in [2.24, 2.45) is 5.92 Å². The number of carbonyl (C=O) groups excluding carboxylic acids is 1. The molecule has 2 rings (SSSR count). The van der Waals surface area contributed by atoms with E-state index in [1.54, 1.807) is 0 Å². The van der Waals surface area contributed by atoms with E-state index in [0.29, 0.717) is 37.1 Å². The Morgan fingerprint density at radius 1 is 1.33 bits per heavy atom. The molecule has 2 heterocycles. The number of rotatable bonds is 11. The summed E-state index contributed by atoms with van der Waals surface area (Å²) < 4.78 is 5.48.